The molecule has 0 radical (unpaired) electrons. The molecule has 1 aliphatic heterocycles. The second kappa shape index (κ2) is 22.2. The molecule has 1 atom stereocenters. The molecule has 35 heteroatoms. The molecule has 5 aromatic carbocycles. The quantitative estimate of drug-likeness (QED) is 0.00832. The Balaban J connectivity index is 1.29. The SMILES string of the molecule is NC1=NC(N)C=C/C1=N/Nc1ccc(NS(=O)(=O)c2ccc(N=Nc3c(S(=O)(=O)O)cc4cc(SOOO)c(N=Nc5ccc(S(=O)(=O)CCOSOOO)cc5S(=O)(=O)O)c(O)c4c3N)cc2)cc1. The first kappa shape index (κ1) is 53.1. The number of aromatic hydroxyl groups is 1. The third kappa shape index (κ3) is 13.1. The molecule has 0 bridgehead atoms. The van der Waals surface area contributed by atoms with E-state index in [9.17, 15) is 47.9 Å². The summed E-state index contributed by atoms with van der Waals surface area (Å²) in [5, 5.41) is 54.3. The molecular formula is C35H33N11O18S6. The minimum atomic E-state index is -5.25. The molecule has 0 aromatic heterocycles. The zero-order chi connectivity index (χ0) is 51.0. The van der Waals surface area contributed by atoms with E-state index in [1.165, 1.54) is 36.4 Å². The van der Waals surface area contributed by atoms with Crippen LogP contribution in [0.2, 0.25) is 0 Å². The molecular weight excluding hydrogens is 1050 g/mol. The molecule has 13 N–H and O–H groups in total. The van der Waals surface area contributed by atoms with Crippen LogP contribution in [0.5, 0.6) is 5.75 Å². The first-order valence-electron chi connectivity index (χ1n) is 18.5. The summed E-state index contributed by atoms with van der Waals surface area (Å²) < 4.78 is 138. The number of nitrogens with one attached hydrogen (secondary N) is 2. The Labute approximate surface area is 403 Å². The van der Waals surface area contributed by atoms with Crippen molar-refractivity contribution >= 4 is 127 Å². The van der Waals surface area contributed by atoms with Crippen molar-refractivity contribution in [3.8, 4) is 5.75 Å². The van der Waals surface area contributed by atoms with Crippen LogP contribution in [0.1, 0.15) is 0 Å². The third-order valence-corrected chi connectivity index (χ3v) is 14.8. The first-order valence-corrected chi connectivity index (χ1v) is 26.0. The number of fused-ring (bicyclic) bond motifs is 1. The number of phenols is 1. The van der Waals surface area contributed by atoms with Crippen LogP contribution in [-0.4, -0.2) is 88.5 Å². The summed E-state index contributed by atoms with van der Waals surface area (Å²) >= 11 is 0.226. The highest BCUT2D eigenvalue weighted by molar-refractivity contribution is 7.94. The number of nitrogens with two attached hydrogens (primary N) is 3. The van der Waals surface area contributed by atoms with E-state index in [2.05, 4.69) is 59.4 Å². The topological polar surface area (TPSA) is 460 Å². The molecule has 0 saturated heterocycles. The van der Waals surface area contributed by atoms with Gasteiger partial charge in [-0.1, -0.05) is 10.1 Å². The average Bonchev–Trinajstić information content (AvgIpc) is 3.29. The summed E-state index contributed by atoms with van der Waals surface area (Å²) in [4.78, 5) is 0.761. The molecule has 6 rings (SSSR count). The van der Waals surface area contributed by atoms with Gasteiger partial charge in [0.25, 0.3) is 30.3 Å². The Bertz CT molecular complexity index is 3420. The van der Waals surface area contributed by atoms with Gasteiger partial charge in [0, 0.05) is 5.69 Å². The van der Waals surface area contributed by atoms with Crippen molar-refractivity contribution < 1.29 is 81.3 Å². The lowest BCUT2D eigenvalue weighted by Crippen LogP contribution is -2.31. The van der Waals surface area contributed by atoms with Gasteiger partial charge in [0.05, 0.1) is 61.5 Å². The Morgan fingerprint density at radius 3 is 2.03 bits per heavy atom. The number of anilines is 3. The van der Waals surface area contributed by atoms with Crippen LogP contribution in [-0.2, 0) is 63.0 Å². The number of benzene rings is 5. The van der Waals surface area contributed by atoms with E-state index in [4.69, 9.17) is 31.9 Å². The highest BCUT2D eigenvalue weighted by atomic mass is 32.2. The van der Waals surface area contributed by atoms with Gasteiger partial charge in [-0.3, -0.25) is 23.4 Å². The second-order valence-corrected chi connectivity index (χ2v) is 21.3. The molecule has 1 aliphatic rings. The van der Waals surface area contributed by atoms with Crippen molar-refractivity contribution in [3.05, 3.63) is 91.0 Å². The number of sulfonamides is 1. The van der Waals surface area contributed by atoms with Gasteiger partial charge < -0.3 is 22.3 Å². The fourth-order valence-electron chi connectivity index (χ4n) is 5.82. The minimum absolute atomic E-state index is 0.0626. The molecule has 0 spiro atoms. The summed E-state index contributed by atoms with van der Waals surface area (Å²) in [6.07, 6.45) is 2.60. The summed E-state index contributed by atoms with van der Waals surface area (Å²) in [7, 11) is -18.9. The molecule has 1 heterocycles. The smallest absolute Gasteiger partial charge is 0.296 e. The van der Waals surface area contributed by atoms with Crippen LogP contribution in [0, 0.1) is 0 Å². The number of hydrazone groups is 1. The number of hydrogen-bond acceptors (Lipinski definition) is 28. The predicted octanol–water partition coefficient (Wildman–Crippen LogP) is 5.44. The number of nitrogens with zero attached hydrogens (tertiary/aromatic N) is 6. The average molecular weight is 1090 g/mol. The van der Waals surface area contributed by atoms with E-state index < -0.39 is 107 Å². The van der Waals surface area contributed by atoms with Gasteiger partial charge in [0.2, 0.25) is 0 Å². The van der Waals surface area contributed by atoms with E-state index in [1.54, 1.807) is 12.2 Å². The van der Waals surface area contributed by atoms with Gasteiger partial charge in [0.1, 0.15) is 44.6 Å². The Kier molecular flexibility index (Phi) is 16.9. The molecule has 70 heavy (non-hydrogen) atoms. The number of azo groups is 2. The third-order valence-electron chi connectivity index (χ3n) is 8.97. The Morgan fingerprint density at radius 1 is 0.743 bits per heavy atom. The van der Waals surface area contributed by atoms with E-state index in [0.29, 0.717) is 17.5 Å². The molecule has 5 aromatic rings. The van der Waals surface area contributed by atoms with Gasteiger partial charge in [-0.25, -0.2) is 32.3 Å². The normalized spacial score (nSPS) is 15.3. The van der Waals surface area contributed by atoms with Crippen molar-refractivity contribution in [2.45, 2.75) is 30.6 Å². The highest BCUT2D eigenvalue weighted by Crippen LogP contribution is 2.50. The maximum absolute atomic E-state index is 13.2. The largest absolute Gasteiger partial charge is 0.505 e. The van der Waals surface area contributed by atoms with Crippen molar-refractivity contribution in [3.63, 3.8) is 0 Å². The number of phenolic OH excluding ortho intramolecular Hbond substituents is 1. The summed E-state index contributed by atoms with van der Waals surface area (Å²) in [6.45, 7) is -0.547. The lowest BCUT2D eigenvalue weighted by molar-refractivity contribution is -0.434. The van der Waals surface area contributed by atoms with Crippen molar-refractivity contribution in [2.24, 2.45) is 42.0 Å². The molecule has 0 saturated carbocycles. The zero-order valence-corrected chi connectivity index (χ0v) is 39.5. The molecule has 372 valence electrons. The van der Waals surface area contributed by atoms with E-state index in [0.717, 1.165) is 36.4 Å². The van der Waals surface area contributed by atoms with Crippen LogP contribution in [0.15, 0.2) is 146 Å². The first-order chi connectivity index (χ1) is 33.0. The number of rotatable bonds is 21. The summed E-state index contributed by atoms with van der Waals surface area (Å²) in [6, 6.07) is 14.8. The van der Waals surface area contributed by atoms with Crippen molar-refractivity contribution in [1.29, 1.82) is 0 Å². The van der Waals surface area contributed by atoms with Crippen LogP contribution in [0.3, 0.4) is 0 Å². The Hall–Kier alpha value is -6.26. The maximum Gasteiger partial charge on any atom is 0.296 e. The number of sulfone groups is 1. The van der Waals surface area contributed by atoms with E-state index in [-0.39, 0.29) is 56.8 Å². The van der Waals surface area contributed by atoms with Crippen LogP contribution >= 0.6 is 24.4 Å². The standard InChI is InChI=1S/C35H33N11O18S6/c36-29-12-11-25(35(38)39-29)43-40-19-1-3-21(4-2-19)46-68(52,53)22-7-5-20(6-8-22)41-45-33-28(70(57,58)59)16-18-15-26(65-63-61-48)32(34(47)30(18)31(33)37)44-42-24-10-9-23(17-27(24)69(54,55)56)67(50,51)14-13-60-66-64-62-49/h1-12,15-17,29,40,46-49H,13-14,36-37H2,(H2,38,39)(H,54,55,56)(H,57,58,59)/b43-25-,44-42?,45-41?. The van der Waals surface area contributed by atoms with Crippen LogP contribution in [0.4, 0.5) is 39.8 Å². The summed E-state index contributed by atoms with van der Waals surface area (Å²) in [5.74, 6) is -1.57. The number of hydrogen-bond donors (Lipinski definition) is 10. The molecule has 0 fully saturated rings. The van der Waals surface area contributed by atoms with Crippen molar-refractivity contribution in [2.75, 3.05) is 28.2 Å². The minimum Gasteiger partial charge on any atom is -0.505 e. The molecule has 29 nitrogen and oxygen atoms in total. The lowest BCUT2D eigenvalue weighted by Gasteiger charge is -2.14. The van der Waals surface area contributed by atoms with Gasteiger partial charge in [-0.15, -0.1) is 24.0 Å². The molecule has 0 amide bonds. The monoisotopic (exact) mass is 1090 g/mol. The number of dihydropyridines is 1. The fourth-order valence-corrected chi connectivity index (χ4v) is 10.2. The van der Waals surface area contributed by atoms with Crippen LogP contribution < -0.4 is 27.3 Å². The van der Waals surface area contributed by atoms with E-state index in [1.807, 2.05) is 0 Å². The predicted molar refractivity (Wildman–Crippen MR) is 249 cm³/mol. The van der Waals surface area contributed by atoms with Crippen LogP contribution in [0.25, 0.3) is 10.8 Å². The highest BCUT2D eigenvalue weighted by Gasteiger charge is 2.27. The Morgan fingerprint density at radius 2 is 1.39 bits per heavy atom. The number of aliphatic imine (C=N–C) groups is 1. The van der Waals surface area contributed by atoms with Crippen molar-refractivity contribution in [1.82, 2.24) is 0 Å². The maximum atomic E-state index is 13.2. The summed E-state index contributed by atoms with van der Waals surface area (Å²) in [5.41, 5.74) is 18.8. The molecule has 1 unspecified atom stereocenters. The number of nitrogen functional groups attached to an aromatic ring is 1. The van der Waals surface area contributed by atoms with Gasteiger partial charge in [-0.2, -0.15) is 27.1 Å². The molecule has 0 aliphatic carbocycles. The lowest BCUT2D eigenvalue weighted by atomic mass is 10.1. The van der Waals surface area contributed by atoms with Gasteiger partial charge in [-0.05, 0) is 96.4 Å². The number of amidine groups is 1. The second-order valence-electron chi connectivity index (χ2n) is 13.5. The van der Waals surface area contributed by atoms with Gasteiger partial charge in [0.15, 0.2) is 27.9 Å². The fraction of sp³-hybridized carbons (Fsp3) is 0.0857. The van der Waals surface area contributed by atoms with Gasteiger partial charge >= 0.3 is 0 Å². The zero-order valence-electron chi connectivity index (χ0n) is 34.6. The van der Waals surface area contributed by atoms with E-state index >= 15 is 0 Å².